The second-order valence-electron chi connectivity index (χ2n) is 8.20. The normalized spacial score (nSPS) is 18.5. The van der Waals surface area contributed by atoms with E-state index in [1.165, 1.54) is 5.39 Å². The van der Waals surface area contributed by atoms with Gasteiger partial charge in [-0.05, 0) is 42.5 Å². The molecule has 5 rings (SSSR count). The van der Waals surface area contributed by atoms with Gasteiger partial charge in [0.1, 0.15) is 17.4 Å². The first-order valence-corrected chi connectivity index (χ1v) is 11.9. The van der Waals surface area contributed by atoms with Gasteiger partial charge in [0.15, 0.2) is 0 Å². The predicted molar refractivity (Wildman–Crippen MR) is 123 cm³/mol. The van der Waals surface area contributed by atoms with Crippen LogP contribution in [0.1, 0.15) is 18.6 Å². The molecule has 0 N–H and O–H groups in total. The zero-order chi connectivity index (χ0) is 21.6. The zero-order valence-corrected chi connectivity index (χ0v) is 18.9. The molecule has 2 fully saturated rings. The minimum atomic E-state index is -0.269. The van der Waals surface area contributed by atoms with Crippen LogP contribution in [0.3, 0.4) is 0 Å². The molecule has 2 aromatic heterocycles. The minimum Gasteiger partial charge on any atom is -0.459 e. The molecule has 162 valence electrons. The first kappa shape index (κ1) is 20.5. The van der Waals surface area contributed by atoms with Crippen LogP contribution in [0.25, 0.3) is 22.2 Å². The van der Waals surface area contributed by atoms with Crippen LogP contribution in [0, 0.1) is 0 Å². The number of hydrogen-bond donors (Lipinski definition) is 0. The van der Waals surface area contributed by atoms with E-state index in [1.54, 1.807) is 16.7 Å². The highest BCUT2D eigenvalue weighted by molar-refractivity contribution is 8.01. The molecule has 2 saturated heterocycles. The molecule has 6 nitrogen and oxygen atoms in total. The number of aryl methyl sites for hydroxylation is 1. The summed E-state index contributed by atoms with van der Waals surface area (Å²) in [4.78, 5) is 28.1. The van der Waals surface area contributed by atoms with Crippen molar-refractivity contribution in [1.29, 1.82) is 0 Å². The summed E-state index contributed by atoms with van der Waals surface area (Å²) in [5, 5.41) is 1.19. The van der Waals surface area contributed by atoms with E-state index in [0.717, 1.165) is 35.4 Å². The maximum Gasteiger partial charge on any atom is 0.237 e. The van der Waals surface area contributed by atoms with Crippen molar-refractivity contribution in [3.8, 4) is 11.3 Å². The van der Waals surface area contributed by atoms with E-state index in [9.17, 15) is 9.59 Å². The second kappa shape index (κ2) is 7.95. The van der Waals surface area contributed by atoms with E-state index in [-0.39, 0.29) is 22.6 Å². The van der Waals surface area contributed by atoms with Crippen molar-refractivity contribution in [1.82, 2.24) is 14.4 Å². The fourth-order valence-electron chi connectivity index (χ4n) is 4.61. The molecule has 0 radical (unpaired) electrons. The Bertz CT molecular complexity index is 1150. The number of carbonyl (C=O) groups is 2. The third-order valence-electron chi connectivity index (χ3n) is 6.42. The summed E-state index contributed by atoms with van der Waals surface area (Å²) in [7, 11) is 2.03. The number of aromatic nitrogens is 1. The van der Waals surface area contributed by atoms with Gasteiger partial charge in [0.25, 0.3) is 0 Å². The van der Waals surface area contributed by atoms with Crippen LogP contribution in [-0.4, -0.2) is 55.8 Å². The molecule has 4 heterocycles. The molecule has 0 aliphatic carbocycles. The third kappa shape index (κ3) is 3.64. The Morgan fingerprint density at radius 1 is 1.19 bits per heavy atom. The lowest BCUT2D eigenvalue weighted by molar-refractivity contribution is -0.134. The molecular formula is C23H24ClN3O3S. The van der Waals surface area contributed by atoms with Gasteiger partial charge in [-0.15, -0.1) is 23.4 Å². The highest BCUT2D eigenvalue weighted by atomic mass is 35.5. The number of alkyl halides is 1. The molecule has 1 aromatic carbocycles. The van der Waals surface area contributed by atoms with Crippen LogP contribution >= 0.6 is 23.4 Å². The Labute approximate surface area is 190 Å². The highest BCUT2D eigenvalue weighted by Crippen LogP contribution is 2.45. The van der Waals surface area contributed by atoms with Crippen LogP contribution in [0.2, 0.25) is 0 Å². The van der Waals surface area contributed by atoms with Gasteiger partial charge in [0, 0.05) is 37.4 Å². The number of benzene rings is 1. The lowest BCUT2D eigenvalue weighted by Crippen LogP contribution is -2.52. The smallest absolute Gasteiger partial charge is 0.237 e. The SMILES string of the molecule is Cn1ccc2ccc(-c3ccc(CN4C(=O)CSC45CCN(C(=O)CCl)CC5)o3)cc21. The largest absolute Gasteiger partial charge is 0.459 e. The number of thioether (sulfide) groups is 1. The maximum absolute atomic E-state index is 12.7. The van der Waals surface area contributed by atoms with Crippen LogP contribution < -0.4 is 0 Å². The van der Waals surface area contributed by atoms with Crippen molar-refractivity contribution in [2.75, 3.05) is 24.7 Å². The molecule has 2 aliphatic heterocycles. The van der Waals surface area contributed by atoms with Crippen molar-refractivity contribution in [3.05, 3.63) is 48.4 Å². The van der Waals surface area contributed by atoms with Gasteiger partial charge in [-0.1, -0.05) is 12.1 Å². The number of nitrogens with zero attached hydrogens (tertiary/aromatic N) is 3. The van der Waals surface area contributed by atoms with Gasteiger partial charge in [0.05, 0.1) is 17.2 Å². The Morgan fingerprint density at radius 3 is 2.77 bits per heavy atom. The maximum atomic E-state index is 12.7. The first-order chi connectivity index (χ1) is 15.0. The predicted octanol–water partition coefficient (Wildman–Crippen LogP) is 4.07. The topological polar surface area (TPSA) is 58.7 Å². The molecule has 0 atom stereocenters. The number of furan rings is 1. The molecule has 1 spiro atoms. The Balaban J connectivity index is 1.34. The number of amides is 2. The molecule has 0 bridgehead atoms. The lowest BCUT2D eigenvalue weighted by atomic mass is 10.0. The fourth-order valence-corrected chi connectivity index (χ4v) is 6.12. The van der Waals surface area contributed by atoms with E-state index in [1.807, 2.05) is 30.3 Å². The summed E-state index contributed by atoms with van der Waals surface area (Å²) in [6, 6.07) is 12.3. The van der Waals surface area contributed by atoms with Crippen molar-refractivity contribution >= 4 is 46.1 Å². The zero-order valence-electron chi connectivity index (χ0n) is 17.3. The van der Waals surface area contributed by atoms with Crippen molar-refractivity contribution in [3.63, 3.8) is 0 Å². The quantitative estimate of drug-likeness (QED) is 0.554. The van der Waals surface area contributed by atoms with Gasteiger partial charge in [-0.2, -0.15) is 0 Å². The molecule has 0 unspecified atom stereocenters. The fraction of sp³-hybridized carbons (Fsp3) is 0.391. The van der Waals surface area contributed by atoms with Crippen LogP contribution in [0.5, 0.6) is 0 Å². The monoisotopic (exact) mass is 457 g/mol. The van der Waals surface area contributed by atoms with E-state index in [2.05, 4.69) is 28.8 Å². The van der Waals surface area contributed by atoms with Crippen molar-refractivity contribution in [2.45, 2.75) is 24.3 Å². The van der Waals surface area contributed by atoms with Crippen LogP contribution in [0.15, 0.2) is 47.0 Å². The summed E-state index contributed by atoms with van der Waals surface area (Å²) >= 11 is 7.40. The van der Waals surface area contributed by atoms with E-state index in [0.29, 0.717) is 25.4 Å². The van der Waals surface area contributed by atoms with Crippen LogP contribution in [0.4, 0.5) is 0 Å². The number of rotatable bonds is 4. The molecule has 31 heavy (non-hydrogen) atoms. The van der Waals surface area contributed by atoms with Gasteiger partial charge in [-0.3, -0.25) is 9.59 Å². The Kier molecular flexibility index (Phi) is 5.26. The van der Waals surface area contributed by atoms with E-state index >= 15 is 0 Å². The number of piperidine rings is 1. The summed E-state index contributed by atoms with van der Waals surface area (Å²) in [5.41, 5.74) is 2.17. The summed E-state index contributed by atoms with van der Waals surface area (Å²) in [6.07, 6.45) is 3.55. The first-order valence-electron chi connectivity index (χ1n) is 10.4. The molecule has 3 aromatic rings. The summed E-state index contributed by atoms with van der Waals surface area (Å²) in [6.45, 7) is 1.70. The molecule has 8 heteroatoms. The second-order valence-corrected chi connectivity index (χ2v) is 9.80. The number of likely N-dealkylation sites (tertiary alicyclic amines) is 1. The van der Waals surface area contributed by atoms with Gasteiger partial charge in [-0.25, -0.2) is 0 Å². The standard InChI is InChI=1S/C23H24ClN3O3S/c1-25-9-6-16-2-3-17(12-19(16)25)20-5-4-18(30-20)14-27-22(29)15-31-23(27)7-10-26(11-8-23)21(28)13-24/h2-6,9,12H,7-8,10-11,13-15H2,1H3. The van der Waals surface area contributed by atoms with Gasteiger partial charge >= 0.3 is 0 Å². The average Bonchev–Trinajstić information content (AvgIpc) is 3.49. The summed E-state index contributed by atoms with van der Waals surface area (Å²) < 4.78 is 8.25. The molecule has 0 saturated carbocycles. The minimum absolute atomic E-state index is 0.00646. The van der Waals surface area contributed by atoms with Crippen molar-refractivity contribution in [2.24, 2.45) is 7.05 Å². The number of halogens is 1. The third-order valence-corrected chi connectivity index (χ3v) is 8.20. The molecular weight excluding hydrogens is 434 g/mol. The molecule has 2 aliphatic rings. The Hall–Kier alpha value is -2.38. The van der Waals surface area contributed by atoms with E-state index < -0.39 is 0 Å². The highest BCUT2D eigenvalue weighted by Gasteiger charge is 2.48. The van der Waals surface area contributed by atoms with E-state index in [4.69, 9.17) is 16.0 Å². The van der Waals surface area contributed by atoms with Gasteiger partial charge in [0.2, 0.25) is 11.8 Å². The van der Waals surface area contributed by atoms with Gasteiger partial charge < -0.3 is 18.8 Å². The van der Waals surface area contributed by atoms with Crippen molar-refractivity contribution < 1.29 is 14.0 Å². The number of hydrogen-bond acceptors (Lipinski definition) is 4. The lowest BCUT2D eigenvalue weighted by Gasteiger charge is -2.43. The number of carbonyl (C=O) groups excluding carboxylic acids is 2. The van der Waals surface area contributed by atoms with Crippen LogP contribution in [-0.2, 0) is 23.2 Å². The summed E-state index contributed by atoms with van der Waals surface area (Å²) in [5.74, 6) is 2.15. The average molecular weight is 458 g/mol. The molecule has 2 amide bonds. The Morgan fingerprint density at radius 2 is 2.00 bits per heavy atom. The number of fused-ring (bicyclic) bond motifs is 1.